The average molecular weight is 390 g/mol. The van der Waals surface area contributed by atoms with Gasteiger partial charge in [-0.2, -0.15) is 0 Å². The molecule has 2 aliphatic heterocycles. The van der Waals surface area contributed by atoms with Crippen LogP contribution in [-0.2, 0) is 4.79 Å². The third-order valence-corrected chi connectivity index (χ3v) is 5.01. The second-order valence-corrected chi connectivity index (χ2v) is 6.54. The minimum Gasteiger partial charge on any atom is -0.492 e. The number of halogens is 2. The van der Waals surface area contributed by atoms with Crippen molar-refractivity contribution < 1.29 is 9.53 Å². The second-order valence-electron chi connectivity index (χ2n) is 6.54. The fourth-order valence-electron chi connectivity index (χ4n) is 3.16. The molecule has 1 N–H and O–H groups in total. The van der Waals surface area contributed by atoms with E-state index in [0.29, 0.717) is 18.4 Å². The number of carbonyl (C=O) groups excluding carboxylic acids is 1. The first kappa shape index (κ1) is 22.0. The van der Waals surface area contributed by atoms with E-state index >= 15 is 0 Å². The third-order valence-electron chi connectivity index (χ3n) is 5.01. The lowest BCUT2D eigenvalue weighted by Crippen LogP contribution is -2.54. The van der Waals surface area contributed by atoms with Crippen molar-refractivity contribution in [2.24, 2.45) is 11.8 Å². The van der Waals surface area contributed by atoms with Crippen molar-refractivity contribution in [2.75, 3.05) is 52.4 Å². The molecule has 0 saturated carbocycles. The fraction of sp³-hybridized carbons (Fsp3) is 0.611. The molecule has 0 spiro atoms. The zero-order valence-electron chi connectivity index (χ0n) is 14.7. The van der Waals surface area contributed by atoms with Gasteiger partial charge in [-0.1, -0.05) is 25.1 Å². The maximum Gasteiger partial charge on any atom is 0.225 e. The number of piperazine rings is 1. The van der Waals surface area contributed by atoms with Crippen molar-refractivity contribution in [1.82, 2.24) is 15.1 Å². The number of nitrogens with zero attached hydrogens (tertiary/aromatic N) is 2. The third kappa shape index (κ3) is 6.03. The van der Waals surface area contributed by atoms with Gasteiger partial charge in [0.15, 0.2) is 0 Å². The van der Waals surface area contributed by atoms with Gasteiger partial charge in [0.1, 0.15) is 12.4 Å². The van der Waals surface area contributed by atoms with E-state index in [4.69, 9.17) is 4.74 Å². The van der Waals surface area contributed by atoms with E-state index < -0.39 is 0 Å². The molecular weight excluding hydrogens is 361 g/mol. The van der Waals surface area contributed by atoms with Gasteiger partial charge >= 0.3 is 0 Å². The average Bonchev–Trinajstić information content (AvgIpc) is 2.54. The molecule has 5 nitrogen and oxygen atoms in total. The van der Waals surface area contributed by atoms with Crippen LogP contribution in [0.3, 0.4) is 0 Å². The highest BCUT2D eigenvalue weighted by Gasteiger charge is 2.32. The smallest absolute Gasteiger partial charge is 0.225 e. The van der Waals surface area contributed by atoms with E-state index in [1.54, 1.807) is 0 Å². The van der Waals surface area contributed by atoms with Gasteiger partial charge in [0.2, 0.25) is 5.91 Å². The predicted octanol–water partition coefficient (Wildman–Crippen LogP) is 1.91. The quantitative estimate of drug-likeness (QED) is 0.806. The lowest BCUT2D eigenvalue weighted by molar-refractivity contribution is -0.139. The lowest BCUT2D eigenvalue weighted by Gasteiger charge is -2.39. The maximum atomic E-state index is 12.5. The number of ether oxygens (including phenoxy) is 1. The van der Waals surface area contributed by atoms with Crippen LogP contribution in [0.25, 0.3) is 0 Å². The van der Waals surface area contributed by atoms with Crippen molar-refractivity contribution in [2.45, 2.75) is 6.92 Å². The van der Waals surface area contributed by atoms with Crippen LogP contribution in [0.5, 0.6) is 5.75 Å². The molecule has 0 aliphatic carbocycles. The SMILES string of the molecule is CC(C(=O)N1CCN(CCOc2ccccc2)CC1)C1CNC1.Cl.Cl. The number of hydrogen-bond donors (Lipinski definition) is 1. The van der Waals surface area contributed by atoms with Gasteiger partial charge in [-0.3, -0.25) is 9.69 Å². The van der Waals surface area contributed by atoms with Crippen molar-refractivity contribution in [3.8, 4) is 5.75 Å². The highest BCUT2D eigenvalue weighted by atomic mass is 35.5. The molecule has 3 rings (SSSR count). The van der Waals surface area contributed by atoms with Crippen molar-refractivity contribution in [3.63, 3.8) is 0 Å². The molecule has 0 bridgehead atoms. The summed E-state index contributed by atoms with van der Waals surface area (Å²) in [7, 11) is 0. The van der Waals surface area contributed by atoms with Crippen molar-refractivity contribution >= 4 is 30.7 Å². The maximum absolute atomic E-state index is 12.5. The van der Waals surface area contributed by atoms with Gasteiger partial charge in [-0.05, 0) is 31.1 Å². The van der Waals surface area contributed by atoms with E-state index in [1.807, 2.05) is 35.2 Å². The number of carbonyl (C=O) groups is 1. The van der Waals surface area contributed by atoms with Crippen LogP contribution in [0.1, 0.15) is 6.92 Å². The highest BCUT2D eigenvalue weighted by Crippen LogP contribution is 2.19. The first-order chi connectivity index (χ1) is 11.2. The zero-order valence-corrected chi connectivity index (χ0v) is 16.4. The Bertz CT molecular complexity index is 506. The van der Waals surface area contributed by atoms with E-state index in [2.05, 4.69) is 17.1 Å². The highest BCUT2D eigenvalue weighted by molar-refractivity contribution is 5.85. The monoisotopic (exact) mass is 389 g/mol. The Morgan fingerprint density at radius 3 is 2.36 bits per heavy atom. The van der Waals surface area contributed by atoms with E-state index in [-0.39, 0.29) is 30.7 Å². The van der Waals surface area contributed by atoms with Crippen LogP contribution in [0.4, 0.5) is 0 Å². The first-order valence-electron chi connectivity index (χ1n) is 8.64. The summed E-state index contributed by atoms with van der Waals surface area (Å²) in [5.41, 5.74) is 0. The van der Waals surface area contributed by atoms with Crippen molar-refractivity contribution in [1.29, 1.82) is 0 Å². The number of rotatable bonds is 6. The number of hydrogen-bond acceptors (Lipinski definition) is 4. The summed E-state index contributed by atoms with van der Waals surface area (Å²) in [5.74, 6) is 1.94. The van der Waals surface area contributed by atoms with E-state index in [0.717, 1.165) is 51.6 Å². The first-order valence-corrected chi connectivity index (χ1v) is 8.64. The van der Waals surface area contributed by atoms with E-state index in [1.165, 1.54) is 0 Å². The molecule has 1 amide bonds. The van der Waals surface area contributed by atoms with Crippen LogP contribution in [0.2, 0.25) is 0 Å². The summed E-state index contributed by atoms with van der Waals surface area (Å²) < 4.78 is 5.75. The van der Waals surface area contributed by atoms with Gasteiger partial charge in [-0.15, -0.1) is 24.8 Å². The summed E-state index contributed by atoms with van der Waals surface area (Å²) in [5, 5.41) is 3.25. The Balaban J connectivity index is 0.00000156. The van der Waals surface area contributed by atoms with Gasteiger partial charge in [0.05, 0.1) is 0 Å². The molecule has 2 saturated heterocycles. The molecule has 2 heterocycles. The number of amides is 1. The van der Waals surface area contributed by atoms with Crippen LogP contribution in [0, 0.1) is 11.8 Å². The molecule has 142 valence electrons. The topological polar surface area (TPSA) is 44.8 Å². The molecular formula is C18H29Cl2N3O2. The summed E-state index contributed by atoms with van der Waals surface area (Å²) in [6.07, 6.45) is 0. The Kier molecular flexibility index (Phi) is 9.57. The zero-order chi connectivity index (χ0) is 16.1. The number of benzene rings is 1. The summed E-state index contributed by atoms with van der Waals surface area (Å²) in [4.78, 5) is 16.9. The molecule has 1 aromatic rings. The summed E-state index contributed by atoms with van der Waals surface area (Å²) in [6.45, 7) is 9.24. The molecule has 1 atom stereocenters. The van der Waals surface area contributed by atoms with E-state index in [9.17, 15) is 4.79 Å². The Morgan fingerprint density at radius 2 is 1.80 bits per heavy atom. The van der Waals surface area contributed by atoms with Gasteiger partial charge in [0.25, 0.3) is 0 Å². The molecule has 25 heavy (non-hydrogen) atoms. The molecule has 0 radical (unpaired) electrons. The standard InChI is InChI=1S/C18H27N3O2.2ClH/c1-15(16-13-19-14-16)18(22)21-9-7-20(8-10-21)11-12-23-17-5-3-2-4-6-17;;/h2-6,15-16,19H,7-14H2,1H3;2*1H. The van der Waals surface area contributed by atoms with Crippen LogP contribution >= 0.6 is 24.8 Å². The summed E-state index contributed by atoms with van der Waals surface area (Å²) in [6, 6.07) is 9.92. The fourth-order valence-corrected chi connectivity index (χ4v) is 3.16. The minimum atomic E-state index is 0. The Morgan fingerprint density at radius 1 is 1.16 bits per heavy atom. The predicted molar refractivity (Wildman–Crippen MR) is 105 cm³/mol. The molecule has 1 aromatic carbocycles. The van der Waals surface area contributed by atoms with Crippen molar-refractivity contribution in [3.05, 3.63) is 30.3 Å². The Labute approximate surface area is 162 Å². The largest absolute Gasteiger partial charge is 0.492 e. The molecule has 2 aliphatic rings. The van der Waals surface area contributed by atoms with Gasteiger partial charge in [-0.25, -0.2) is 0 Å². The minimum absolute atomic E-state index is 0. The molecule has 2 fully saturated rings. The lowest BCUT2D eigenvalue weighted by atomic mass is 9.88. The molecule has 0 aromatic heterocycles. The van der Waals surface area contributed by atoms with Gasteiger partial charge < -0.3 is 15.0 Å². The molecule has 1 unspecified atom stereocenters. The normalized spacial score (nSPS) is 19.2. The Hall–Kier alpha value is -1.01. The summed E-state index contributed by atoms with van der Waals surface area (Å²) >= 11 is 0. The number of nitrogens with one attached hydrogen (secondary N) is 1. The van der Waals surface area contributed by atoms with Crippen LogP contribution in [-0.4, -0.2) is 68.1 Å². The van der Waals surface area contributed by atoms with Gasteiger partial charge in [0, 0.05) is 38.6 Å². The molecule has 7 heteroatoms. The van der Waals surface area contributed by atoms with Crippen LogP contribution < -0.4 is 10.1 Å². The second kappa shape index (κ2) is 10.9. The van der Waals surface area contributed by atoms with Crippen LogP contribution in [0.15, 0.2) is 30.3 Å². The number of para-hydroxylation sites is 1.